The van der Waals surface area contributed by atoms with Crippen LogP contribution in [0, 0.1) is 0 Å². The van der Waals surface area contributed by atoms with Gasteiger partial charge in [0.05, 0.1) is 18.9 Å². The van der Waals surface area contributed by atoms with E-state index >= 15 is 0 Å². The monoisotopic (exact) mass is 447 g/mol. The van der Waals surface area contributed by atoms with Crippen LogP contribution in [0.25, 0.3) is 21.2 Å². The molecule has 0 fully saturated rings. The molecule has 4 aromatic rings. The lowest BCUT2D eigenvalue weighted by Crippen LogP contribution is -2.25. The van der Waals surface area contributed by atoms with Crippen molar-refractivity contribution in [3.63, 3.8) is 0 Å². The summed E-state index contributed by atoms with van der Waals surface area (Å²) in [6.07, 6.45) is 0.793. The predicted octanol–water partition coefficient (Wildman–Crippen LogP) is 5.21. The van der Waals surface area contributed by atoms with Gasteiger partial charge >= 0.3 is 0 Å². The number of ether oxygens (including phenoxy) is 2. The number of carbonyl (C=O) groups excluding carboxylic acids is 1. The summed E-state index contributed by atoms with van der Waals surface area (Å²) in [6.45, 7) is 1.30. The summed E-state index contributed by atoms with van der Waals surface area (Å²) >= 11 is 1.49. The van der Waals surface area contributed by atoms with Crippen molar-refractivity contribution in [2.75, 3.05) is 32.6 Å². The van der Waals surface area contributed by atoms with Crippen LogP contribution in [0.2, 0.25) is 0 Å². The molecule has 0 aliphatic heterocycles. The number of nitrogens with one attached hydrogen (secondary N) is 2. The van der Waals surface area contributed by atoms with Crippen molar-refractivity contribution in [2.24, 2.45) is 0 Å². The molecule has 3 aromatic carbocycles. The third-order valence-corrected chi connectivity index (χ3v) is 5.98. The number of rotatable bonds is 9. The van der Waals surface area contributed by atoms with Crippen molar-refractivity contribution in [2.45, 2.75) is 6.42 Å². The molecular weight excluding hydrogens is 422 g/mol. The van der Waals surface area contributed by atoms with Crippen LogP contribution in [0.5, 0.6) is 11.5 Å². The third kappa shape index (κ3) is 4.84. The van der Waals surface area contributed by atoms with Crippen molar-refractivity contribution in [3.8, 4) is 22.6 Å². The maximum Gasteiger partial charge on any atom is 0.251 e. The molecule has 0 aliphatic carbocycles. The van der Waals surface area contributed by atoms with E-state index in [0.717, 1.165) is 51.5 Å². The molecule has 1 aromatic heterocycles. The van der Waals surface area contributed by atoms with Gasteiger partial charge < -0.3 is 20.1 Å². The Morgan fingerprint density at radius 2 is 1.84 bits per heavy atom. The first-order chi connectivity index (χ1) is 15.7. The van der Waals surface area contributed by atoms with E-state index in [0.29, 0.717) is 12.1 Å². The fourth-order valence-corrected chi connectivity index (χ4v) is 4.24. The second kappa shape index (κ2) is 10.2. The van der Waals surface area contributed by atoms with Gasteiger partial charge in [-0.15, -0.1) is 0 Å². The molecule has 0 bridgehead atoms. The van der Waals surface area contributed by atoms with Gasteiger partial charge in [0.25, 0.3) is 5.91 Å². The molecule has 0 radical (unpaired) electrons. The van der Waals surface area contributed by atoms with Gasteiger partial charge in [0, 0.05) is 29.6 Å². The standard InChI is InChI=1S/C25H25N3O3S/c1-30-19-11-12-22(31-2)21(16-19)17-7-5-8-18(15-17)25(29)27-14-6-13-26-24-20-9-3-4-10-23(20)32-28-24/h3-5,7-12,15-16H,6,13-14H2,1-2H3,(H,26,28)(H,27,29). The van der Waals surface area contributed by atoms with Crippen molar-refractivity contribution in [3.05, 3.63) is 72.3 Å². The number of fused-ring (bicyclic) bond motifs is 1. The minimum Gasteiger partial charge on any atom is -0.497 e. The fourth-order valence-electron chi connectivity index (χ4n) is 3.48. The zero-order valence-corrected chi connectivity index (χ0v) is 18.9. The minimum absolute atomic E-state index is 0.104. The Kier molecular flexibility index (Phi) is 6.87. The summed E-state index contributed by atoms with van der Waals surface area (Å²) < 4.78 is 16.4. The molecule has 6 nitrogen and oxygen atoms in total. The van der Waals surface area contributed by atoms with E-state index in [4.69, 9.17) is 9.47 Å². The van der Waals surface area contributed by atoms with Gasteiger partial charge in [-0.25, -0.2) is 0 Å². The van der Waals surface area contributed by atoms with Crippen LogP contribution in [-0.2, 0) is 0 Å². The van der Waals surface area contributed by atoms with E-state index in [-0.39, 0.29) is 5.91 Å². The van der Waals surface area contributed by atoms with Crippen molar-refractivity contribution < 1.29 is 14.3 Å². The van der Waals surface area contributed by atoms with E-state index < -0.39 is 0 Å². The smallest absolute Gasteiger partial charge is 0.251 e. The molecule has 2 N–H and O–H groups in total. The molecule has 1 amide bonds. The number of aromatic nitrogens is 1. The molecule has 32 heavy (non-hydrogen) atoms. The Bertz CT molecular complexity index is 1220. The molecule has 0 saturated heterocycles. The zero-order valence-electron chi connectivity index (χ0n) is 18.1. The molecule has 1 heterocycles. The van der Waals surface area contributed by atoms with Crippen molar-refractivity contribution in [1.82, 2.24) is 9.69 Å². The lowest BCUT2D eigenvalue weighted by atomic mass is 10.0. The summed E-state index contributed by atoms with van der Waals surface area (Å²) in [4.78, 5) is 12.7. The topological polar surface area (TPSA) is 72.5 Å². The number of methoxy groups -OCH3 is 2. The Morgan fingerprint density at radius 3 is 2.69 bits per heavy atom. The molecule has 0 unspecified atom stereocenters. The summed E-state index contributed by atoms with van der Waals surface area (Å²) in [7, 11) is 3.26. The van der Waals surface area contributed by atoms with E-state index in [1.165, 1.54) is 11.5 Å². The maximum atomic E-state index is 12.7. The number of hydrogen-bond acceptors (Lipinski definition) is 6. The predicted molar refractivity (Wildman–Crippen MR) is 130 cm³/mol. The summed E-state index contributed by atoms with van der Waals surface area (Å²) in [5, 5.41) is 7.48. The summed E-state index contributed by atoms with van der Waals surface area (Å²) in [5.74, 6) is 2.25. The highest BCUT2D eigenvalue weighted by Gasteiger charge is 2.11. The van der Waals surface area contributed by atoms with Gasteiger partial charge in [0.1, 0.15) is 17.3 Å². The Hall–Kier alpha value is -3.58. The van der Waals surface area contributed by atoms with Crippen LogP contribution in [0.1, 0.15) is 16.8 Å². The number of hydrogen-bond donors (Lipinski definition) is 2. The Morgan fingerprint density at radius 1 is 0.969 bits per heavy atom. The quantitative estimate of drug-likeness (QED) is 0.345. The van der Waals surface area contributed by atoms with Gasteiger partial charge in [0.15, 0.2) is 0 Å². The molecule has 0 spiro atoms. The molecule has 0 aliphatic rings. The second-order valence-corrected chi connectivity index (χ2v) is 8.02. The average Bonchev–Trinajstić information content (AvgIpc) is 3.26. The van der Waals surface area contributed by atoms with E-state index in [9.17, 15) is 4.79 Å². The van der Waals surface area contributed by atoms with Crippen LogP contribution < -0.4 is 20.1 Å². The minimum atomic E-state index is -0.104. The fraction of sp³-hybridized carbons (Fsp3) is 0.200. The van der Waals surface area contributed by atoms with Crippen LogP contribution in [0.3, 0.4) is 0 Å². The first kappa shape index (κ1) is 21.6. The van der Waals surface area contributed by atoms with E-state index in [2.05, 4.69) is 27.1 Å². The van der Waals surface area contributed by atoms with Crippen LogP contribution in [-0.4, -0.2) is 37.6 Å². The summed E-state index contributed by atoms with van der Waals surface area (Å²) in [6, 6.07) is 21.3. The molecule has 7 heteroatoms. The Balaban J connectivity index is 1.34. The number of anilines is 1. The first-order valence-corrected chi connectivity index (χ1v) is 11.2. The number of amides is 1. The van der Waals surface area contributed by atoms with Crippen LogP contribution >= 0.6 is 11.5 Å². The molecule has 4 rings (SSSR count). The molecular formula is C25H25N3O3S. The largest absolute Gasteiger partial charge is 0.497 e. The van der Waals surface area contributed by atoms with Gasteiger partial charge in [-0.1, -0.05) is 24.3 Å². The van der Waals surface area contributed by atoms with Gasteiger partial charge in [-0.05, 0) is 66.0 Å². The normalized spacial score (nSPS) is 10.7. The van der Waals surface area contributed by atoms with Crippen LogP contribution in [0.4, 0.5) is 5.82 Å². The number of carbonyl (C=O) groups is 1. The lowest BCUT2D eigenvalue weighted by Gasteiger charge is -2.12. The second-order valence-electron chi connectivity index (χ2n) is 7.21. The highest BCUT2D eigenvalue weighted by Crippen LogP contribution is 2.33. The highest BCUT2D eigenvalue weighted by atomic mass is 32.1. The SMILES string of the molecule is COc1ccc(OC)c(-c2cccc(C(=O)NCCCNc3nsc4ccccc34)c2)c1. The number of benzene rings is 3. The Labute approximate surface area is 191 Å². The van der Waals surface area contributed by atoms with E-state index in [1.807, 2.05) is 54.6 Å². The maximum absolute atomic E-state index is 12.7. The highest BCUT2D eigenvalue weighted by molar-refractivity contribution is 7.13. The van der Waals surface area contributed by atoms with Crippen LogP contribution in [0.15, 0.2) is 66.7 Å². The first-order valence-electron chi connectivity index (χ1n) is 10.4. The number of nitrogens with zero attached hydrogens (tertiary/aromatic N) is 1. The van der Waals surface area contributed by atoms with E-state index in [1.54, 1.807) is 14.2 Å². The molecule has 0 saturated carbocycles. The zero-order chi connectivity index (χ0) is 22.3. The third-order valence-electron chi connectivity index (χ3n) is 5.15. The van der Waals surface area contributed by atoms with Crippen molar-refractivity contribution in [1.29, 1.82) is 0 Å². The van der Waals surface area contributed by atoms with Crippen molar-refractivity contribution >= 4 is 33.3 Å². The lowest BCUT2D eigenvalue weighted by molar-refractivity contribution is 0.0953. The van der Waals surface area contributed by atoms with Gasteiger partial charge in [0.2, 0.25) is 0 Å². The van der Waals surface area contributed by atoms with Gasteiger partial charge in [-0.3, -0.25) is 4.79 Å². The average molecular weight is 448 g/mol. The van der Waals surface area contributed by atoms with Gasteiger partial charge in [-0.2, -0.15) is 4.37 Å². The summed E-state index contributed by atoms with van der Waals surface area (Å²) in [5.41, 5.74) is 2.37. The molecule has 164 valence electrons. The molecule has 0 atom stereocenters.